The van der Waals surface area contributed by atoms with E-state index in [1.54, 1.807) is 0 Å². The number of pyridine rings is 1. The van der Waals surface area contributed by atoms with Crippen molar-refractivity contribution in [3.8, 4) is 0 Å². The third-order valence-electron chi connectivity index (χ3n) is 2.41. The van der Waals surface area contributed by atoms with Crippen molar-refractivity contribution in [2.24, 2.45) is 7.05 Å². The molecule has 15 heavy (non-hydrogen) atoms. The highest BCUT2D eigenvalue weighted by Gasteiger charge is 2.01. The molecule has 2 nitrogen and oxygen atoms in total. The van der Waals surface area contributed by atoms with Gasteiger partial charge in [-0.3, -0.25) is 0 Å². The standard InChI is InChI=1S/C13H15N2/c1-14-9-6-12(7-10-14)11-13-5-3-4-8-15(13)2/h3-11H,1-2H3/q+1. The normalized spacial score (nSPS) is 17.5. The molecule has 2 heterocycles. The first-order valence-electron chi connectivity index (χ1n) is 5.00. The monoisotopic (exact) mass is 199 g/mol. The summed E-state index contributed by atoms with van der Waals surface area (Å²) in [5.41, 5.74) is 2.42. The van der Waals surface area contributed by atoms with E-state index >= 15 is 0 Å². The van der Waals surface area contributed by atoms with Crippen LogP contribution in [0.5, 0.6) is 0 Å². The summed E-state index contributed by atoms with van der Waals surface area (Å²) in [6, 6.07) is 4.21. The Labute approximate surface area is 90.5 Å². The molecule has 0 N–H and O–H groups in total. The van der Waals surface area contributed by atoms with Gasteiger partial charge in [0.25, 0.3) is 0 Å². The van der Waals surface area contributed by atoms with Crippen LogP contribution >= 0.6 is 0 Å². The molecule has 0 amide bonds. The van der Waals surface area contributed by atoms with Crippen molar-refractivity contribution < 1.29 is 4.57 Å². The third kappa shape index (κ3) is 2.34. The van der Waals surface area contributed by atoms with Gasteiger partial charge in [-0.05, 0) is 23.8 Å². The van der Waals surface area contributed by atoms with Gasteiger partial charge in [-0.2, -0.15) is 0 Å². The van der Waals surface area contributed by atoms with E-state index in [9.17, 15) is 0 Å². The molecule has 0 spiro atoms. The van der Waals surface area contributed by atoms with E-state index in [0.717, 1.165) is 0 Å². The fraction of sp³-hybridized carbons (Fsp3) is 0.154. The van der Waals surface area contributed by atoms with Crippen LogP contribution in [0.4, 0.5) is 0 Å². The van der Waals surface area contributed by atoms with Crippen LogP contribution < -0.4 is 4.57 Å². The van der Waals surface area contributed by atoms with Crippen molar-refractivity contribution in [2.75, 3.05) is 7.05 Å². The molecule has 0 radical (unpaired) electrons. The van der Waals surface area contributed by atoms with Gasteiger partial charge in [0.2, 0.25) is 0 Å². The van der Waals surface area contributed by atoms with Crippen LogP contribution in [0.15, 0.2) is 54.7 Å². The highest BCUT2D eigenvalue weighted by Crippen LogP contribution is 2.13. The summed E-state index contributed by atoms with van der Waals surface area (Å²) < 4.78 is 2.03. The number of allylic oxidation sites excluding steroid dienone is 3. The van der Waals surface area contributed by atoms with E-state index in [1.807, 2.05) is 17.7 Å². The quantitative estimate of drug-likeness (QED) is 0.626. The lowest BCUT2D eigenvalue weighted by Gasteiger charge is -2.17. The van der Waals surface area contributed by atoms with E-state index in [2.05, 4.69) is 60.9 Å². The molecule has 2 rings (SSSR count). The Morgan fingerprint density at radius 3 is 2.60 bits per heavy atom. The summed E-state index contributed by atoms with van der Waals surface area (Å²) in [4.78, 5) is 2.10. The molecule has 0 saturated heterocycles. The van der Waals surface area contributed by atoms with Crippen LogP contribution in [0.3, 0.4) is 0 Å². The molecule has 1 aliphatic heterocycles. The molecule has 1 aromatic rings. The number of likely N-dealkylation sites (N-methyl/N-ethyl adjacent to an activating group) is 1. The van der Waals surface area contributed by atoms with Crippen LogP contribution in [-0.4, -0.2) is 11.9 Å². The minimum Gasteiger partial charge on any atom is -0.351 e. The Hall–Kier alpha value is -1.83. The van der Waals surface area contributed by atoms with Crippen molar-refractivity contribution in [3.05, 3.63) is 60.2 Å². The Balaban J connectivity index is 2.26. The van der Waals surface area contributed by atoms with E-state index < -0.39 is 0 Å². The lowest BCUT2D eigenvalue weighted by atomic mass is 10.2. The van der Waals surface area contributed by atoms with Crippen LogP contribution in [0.1, 0.15) is 5.56 Å². The molecule has 0 aromatic carbocycles. The lowest BCUT2D eigenvalue weighted by molar-refractivity contribution is -0.671. The zero-order valence-electron chi connectivity index (χ0n) is 9.09. The number of hydrogen-bond acceptors (Lipinski definition) is 1. The average Bonchev–Trinajstić information content (AvgIpc) is 2.25. The predicted molar refractivity (Wildman–Crippen MR) is 61.6 cm³/mol. The summed E-state index contributed by atoms with van der Waals surface area (Å²) >= 11 is 0. The maximum absolute atomic E-state index is 2.17. The van der Waals surface area contributed by atoms with Crippen molar-refractivity contribution in [3.63, 3.8) is 0 Å². The number of rotatable bonds is 1. The molecule has 2 heteroatoms. The second-order valence-electron chi connectivity index (χ2n) is 3.68. The summed E-state index contributed by atoms with van der Waals surface area (Å²) in [7, 11) is 4.07. The zero-order chi connectivity index (χ0) is 10.7. The number of nitrogens with zero attached hydrogens (tertiary/aromatic N) is 2. The lowest BCUT2D eigenvalue weighted by Crippen LogP contribution is -2.25. The molecule has 1 aromatic heterocycles. The first-order chi connectivity index (χ1) is 7.25. The van der Waals surface area contributed by atoms with E-state index in [4.69, 9.17) is 0 Å². The molecule has 0 bridgehead atoms. The van der Waals surface area contributed by atoms with E-state index in [-0.39, 0.29) is 0 Å². The summed E-state index contributed by atoms with van der Waals surface area (Å²) in [6.07, 6.45) is 14.5. The van der Waals surface area contributed by atoms with Gasteiger partial charge in [0.15, 0.2) is 12.4 Å². The molecule has 1 aliphatic rings. The first kappa shape index (κ1) is 9.71. The van der Waals surface area contributed by atoms with Gasteiger partial charge in [0, 0.05) is 31.1 Å². The molecular weight excluding hydrogens is 184 g/mol. The minimum absolute atomic E-state index is 1.20. The average molecular weight is 199 g/mol. The fourth-order valence-electron chi connectivity index (χ4n) is 1.47. The maximum Gasteiger partial charge on any atom is 0.169 e. The SMILES string of the molecule is CN1C=CC=CC1=Cc1cc[n+](C)cc1. The van der Waals surface area contributed by atoms with Gasteiger partial charge in [0.1, 0.15) is 7.05 Å². The summed E-state index contributed by atoms with van der Waals surface area (Å²) in [5.74, 6) is 0. The van der Waals surface area contributed by atoms with Crippen LogP contribution in [0.2, 0.25) is 0 Å². The number of aromatic nitrogens is 1. The first-order valence-corrected chi connectivity index (χ1v) is 5.00. The molecule has 0 fully saturated rings. The zero-order valence-corrected chi connectivity index (χ0v) is 9.09. The van der Waals surface area contributed by atoms with Gasteiger partial charge in [0.05, 0.1) is 0 Å². The van der Waals surface area contributed by atoms with E-state index in [1.165, 1.54) is 11.3 Å². The maximum atomic E-state index is 2.17. The van der Waals surface area contributed by atoms with Crippen molar-refractivity contribution in [1.82, 2.24) is 4.90 Å². The highest BCUT2D eigenvalue weighted by molar-refractivity contribution is 5.55. The Morgan fingerprint density at radius 1 is 1.20 bits per heavy atom. The van der Waals surface area contributed by atoms with Crippen LogP contribution in [0, 0.1) is 0 Å². The second-order valence-corrected chi connectivity index (χ2v) is 3.68. The van der Waals surface area contributed by atoms with Crippen molar-refractivity contribution in [1.29, 1.82) is 0 Å². The van der Waals surface area contributed by atoms with E-state index in [0.29, 0.717) is 0 Å². The van der Waals surface area contributed by atoms with Crippen molar-refractivity contribution in [2.45, 2.75) is 0 Å². The Morgan fingerprint density at radius 2 is 1.93 bits per heavy atom. The second kappa shape index (κ2) is 4.13. The van der Waals surface area contributed by atoms with Gasteiger partial charge in [-0.15, -0.1) is 0 Å². The van der Waals surface area contributed by atoms with Crippen LogP contribution in [0.25, 0.3) is 6.08 Å². The molecule has 76 valence electrons. The molecule has 0 saturated carbocycles. The summed E-state index contributed by atoms with van der Waals surface area (Å²) in [6.45, 7) is 0. The highest BCUT2D eigenvalue weighted by atomic mass is 15.1. The summed E-state index contributed by atoms with van der Waals surface area (Å²) in [5, 5.41) is 0. The van der Waals surface area contributed by atoms with Crippen LogP contribution in [-0.2, 0) is 7.05 Å². The van der Waals surface area contributed by atoms with Gasteiger partial charge < -0.3 is 4.90 Å². The molecule has 0 aliphatic carbocycles. The fourth-order valence-corrected chi connectivity index (χ4v) is 1.47. The number of aryl methyl sites for hydroxylation is 1. The minimum atomic E-state index is 1.20. The van der Waals surface area contributed by atoms with Gasteiger partial charge in [-0.25, -0.2) is 4.57 Å². The predicted octanol–water partition coefficient (Wildman–Crippen LogP) is 1.87. The largest absolute Gasteiger partial charge is 0.351 e. The Kier molecular flexibility index (Phi) is 2.68. The molecule has 0 atom stereocenters. The van der Waals surface area contributed by atoms with Crippen molar-refractivity contribution >= 4 is 6.08 Å². The van der Waals surface area contributed by atoms with Gasteiger partial charge >= 0.3 is 0 Å². The topological polar surface area (TPSA) is 7.12 Å². The third-order valence-corrected chi connectivity index (χ3v) is 2.41. The molecular formula is C13H15N2+. The Bertz CT molecular complexity index is 424. The number of hydrogen-bond donors (Lipinski definition) is 0. The smallest absolute Gasteiger partial charge is 0.169 e. The van der Waals surface area contributed by atoms with Gasteiger partial charge in [-0.1, -0.05) is 6.08 Å². The molecule has 0 unspecified atom stereocenters.